The molecule has 2 aromatic rings. The van der Waals surface area contributed by atoms with E-state index in [4.69, 9.17) is 9.47 Å². The fraction of sp³-hybridized carbons (Fsp3) is 0.316. The zero-order valence-electron chi connectivity index (χ0n) is 15.8. The maximum absolute atomic E-state index is 12.9. The van der Waals surface area contributed by atoms with Gasteiger partial charge in [-0.15, -0.1) is 0 Å². The van der Waals surface area contributed by atoms with Crippen molar-refractivity contribution in [3.05, 3.63) is 53.6 Å². The second-order valence-electron chi connectivity index (χ2n) is 5.80. The van der Waals surface area contributed by atoms with Crippen LogP contribution in [0.4, 0.5) is 0 Å². The number of rotatable bonds is 8. The maximum Gasteiger partial charge on any atom is 0.254 e. The molecule has 0 spiro atoms. The predicted molar refractivity (Wildman–Crippen MR) is 103 cm³/mol. The van der Waals surface area contributed by atoms with Crippen LogP contribution in [-0.4, -0.2) is 35.6 Å². The SMILES string of the molecule is CCC(NS(=O)(=O)c1ccc(OC)c(C(=O)NC)c1)c1ccc(OC)cc1. The monoisotopic (exact) mass is 392 g/mol. The Morgan fingerprint density at radius 3 is 2.26 bits per heavy atom. The van der Waals surface area contributed by atoms with E-state index >= 15 is 0 Å². The van der Waals surface area contributed by atoms with Gasteiger partial charge in [0.2, 0.25) is 10.0 Å². The lowest BCUT2D eigenvalue weighted by atomic mass is 10.1. The standard InChI is InChI=1S/C19H24N2O5S/c1-5-17(13-6-8-14(25-3)9-7-13)21-27(23,24)15-10-11-18(26-4)16(12-15)19(22)20-2/h6-12,17,21H,5H2,1-4H3,(H,20,22). The van der Waals surface area contributed by atoms with Crippen molar-refractivity contribution >= 4 is 15.9 Å². The van der Waals surface area contributed by atoms with Gasteiger partial charge in [0.15, 0.2) is 0 Å². The second-order valence-corrected chi connectivity index (χ2v) is 7.51. The van der Waals surface area contributed by atoms with Gasteiger partial charge in [0.1, 0.15) is 11.5 Å². The smallest absolute Gasteiger partial charge is 0.254 e. The molecule has 27 heavy (non-hydrogen) atoms. The molecule has 0 saturated heterocycles. The Morgan fingerprint density at radius 2 is 1.74 bits per heavy atom. The van der Waals surface area contributed by atoms with E-state index in [0.29, 0.717) is 17.9 Å². The van der Waals surface area contributed by atoms with Crippen molar-refractivity contribution < 1.29 is 22.7 Å². The number of benzene rings is 2. The van der Waals surface area contributed by atoms with E-state index in [0.717, 1.165) is 5.56 Å². The molecule has 0 aliphatic rings. The maximum atomic E-state index is 12.9. The first-order valence-electron chi connectivity index (χ1n) is 8.42. The van der Waals surface area contributed by atoms with Crippen LogP contribution in [0, 0.1) is 0 Å². The van der Waals surface area contributed by atoms with Crippen molar-refractivity contribution in [2.45, 2.75) is 24.3 Å². The molecule has 0 aliphatic heterocycles. The third-order valence-corrected chi connectivity index (χ3v) is 5.65. The molecule has 0 saturated carbocycles. The highest BCUT2D eigenvalue weighted by molar-refractivity contribution is 7.89. The van der Waals surface area contributed by atoms with E-state index in [1.165, 1.54) is 32.4 Å². The topological polar surface area (TPSA) is 93.7 Å². The van der Waals surface area contributed by atoms with Crippen LogP contribution in [0.25, 0.3) is 0 Å². The Balaban J connectivity index is 2.34. The van der Waals surface area contributed by atoms with Crippen LogP contribution in [-0.2, 0) is 10.0 Å². The molecule has 0 radical (unpaired) electrons. The van der Waals surface area contributed by atoms with Crippen LogP contribution in [0.1, 0.15) is 35.3 Å². The first kappa shape index (κ1) is 20.7. The molecule has 8 heteroatoms. The normalized spacial score (nSPS) is 12.3. The molecule has 2 aromatic carbocycles. The summed E-state index contributed by atoms with van der Waals surface area (Å²) in [7, 11) is 0.623. The molecule has 1 atom stereocenters. The predicted octanol–water partition coefficient (Wildman–Crippen LogP) is 2.49. The van der Waals surface area contributed by atoms with Crippen molar-refractivity contribution in [3.8, 4) is 11.5 Å². The molecular weight excluding hydrogens is 368 g/mol. The van der Waals surface area contributed by atoms with Crippen LogP contribution >= 0.6 is 0 Å². The van der Waals surface area contributed by atoms with Crippen LogP contribution in [0.15, 0.2) is 47.4 Å². The van der Waals surface area contributed by atoms with Crippen LogP contribution in [0.5, 0.6) is 11.5 Å². The molecule has 0 aliphatic carbocycles. The molecule has 1 unspecified atom stereocenters. The number of sulfonamides is 1. The number of carbonyl (C=O) groups excluding carboxylic acids is 1. The lowest BCUT2D eigenvalue weighted by molar-refractivity contribution is 0.0960. The summed E-state index contributed by atoms with van der Waals surface area (Å²) >= 11 is 0. The average Bonchev–Trinajstić information content (AvgIpc) is 2.71. The zero-order valence-corrected chi connectivity index (χ0v) is 16.6. The Labute approximate surface area is 159 Å². The van der Waals surface area contributed by atoms with Gasteiger partial charge < -0.3 is 14.8 Å². The van der Waals surface area contributed by atoms with Gasteiger partial charge in [0.25, 0.3) is 5.91 Å². The minimum absolute atomic E-state index is 0.00568. The quantitative estimate of drug-likeness (QED) is 0.720. The number of carbonyl (C=O) groups is 1. The Hall–Kier alpha value is -2.58. The van der Waals surface area contributed by atoms with Crippen LogP contribution in [0.2, 0.25) is 0 Å². The number of ether oxygens (including phenoxy) is 2. The summed E-state index contributed by atoms with van der Waals surface area (Å²) in [6, 6.07) is 11.0. The fourth-order valence-electron chi connectivity index (χ4n) is 2.64. The van der Waals surface area contributed by atoms with Gasteiger partial charge >= 0.3 is 0 Å². The second kappa shape index (κ2) is 8.88. The molecule has 2 rings (SSSR count). The largest absolute Gasteiger partial charge is 0.497 e. The minimum atomic E-state index is -3.84. The van der Waals surface area contributed by atoms with Gasteiger partial charge in [-0.1, -0.05) is 19.1 Å². The molecule has 0 heterocycles. The van der Waals surface area contributed by atoms with E-state index in [1.807, 2.05) is 19.1 Å². The van der Waals surface area contributed by atoms with Gasteiger partial charge in [-0.05, 0) is 42.3 Å². The van der Waals surface area contributed by atoms with Crippen molar-refractivity contribution in [3.63, 3.8) is 0 Å². The molecule has 0 aromatic heterocycles. The van der Waals surface area contributed by atoms with Gasteiger partial charge in [-0.25, -0.2) is 13.1 Å². The number of nitrogens with one attached hydrogen (secondary N) is 2. The molecular formula is C19H24N2O5S. The van der Waals surface area contributed by atoms with Gasteiger partial charge in [-0.3, -0.25) is 4.79 Å². The Morgan fingerprint density at radius 1 is 1.07 bits per heavy atom. The number of hydrogen-bond donors (Lipinski definition) is 2. The number of methoxy groups -OCH3 is 2. The zero-order chi connectivity index (χ0) is 20.0. The number of amides is 1. The molecule has 0 bridgehead atoms. The summed E-state index contributed by atoms with van der Waals surface area (Å²) in [5.41, 5.74) is 0.974. The van der Waals surface area contributed by atoms with E-state index in [1.54, 1.807) is 19.2 Å². The Kier molecular flexibility index (Phi) is 6.81. The molecule has 1 amide bonds. The molecule has 7 nitrogen and oxygen atoms in total. The van der Waals surface area contributed by atoms with E-state index < -0.39 is 22.0 Å². The molecule has 0 fully saturated rings. The average molecular weight is 392 g/mol. The van der Waals surface area contributed by atoms with Crippen molar-refractivity contribution in [2.24, 2.45) is 0 Å². The van der Waals surface area contributed by atoms with Crippen LogP contribution < -0.4 is 19.5 Å². The van der Waals surface area contributed by atoms with Crippen molar-refractivity contribution in [2.75, 3.05) is 21.3 Å². The van der Waals surface area contributed by atoms with Crippen molar-refractivity contribution in [1.82, 2.24) is 10.0 Å². The summed E-state index contributed by atoms with van der Waals surface area (Å²) in [6.45, 7) is 1.89. The number of hydrogen-bond acceptors (Lipinski definition) is 5. The summed E-state index contributed by atoms with van der Waals surface area (Å²) in [4.78, 5) is 12.0. The summed E-state index contributed by atoms with van der Waals surface area (Å²) in [5, 5.41) is 2.48. The minimum Gasteiger partial charge on any atom is -0.497 e. The van der Waals surface area contributed by atoms with Gasteiger partial charge in [0.05, 0.1) is 24.7 Å². The highest BCUT2D eigenvalue weighted by Crippen LogP contribution is 2.25. The van der Waals surface area contributed by atoms with Crippen LogP contribution in [0.3, 0.4) is 0 Å². The highest BCUT2D eigenvalue weighted by atomic mass is 32.2. The van der Waals surface area contributed by atoms with E-state index in [-0.39, 0.29) is 10.5 Å². The van der Waals surface area contributed by atoms with E-state index in [2.05, 4.69) is 10.0 Å². The summed E-state index contributed by atoms with van der Waals surface area (Å²) in [6.07, 6.45) is 0.560. The first-order valence-corrected chi connectivity index (χ1v) is 9.91. The molecule has 146 valence electrons. The molecule has 2 N–H and O–H groups in total. The summed E-state index contributed by atoms with van der Waals surface area (Å²) in [5.74, 6) is 0.573. The van der Waals surface area contributed by atoms with Crippen molar-refractivity contribution in [1.29, 1.82) is 0 Å². The highest BCUT2D eigenvalue weighted by Gasteiger charge is 2.23. The summed E-state index contributed by atoms with van der Waals surface area (Å²) < 4.78 is 38.7. The third kappa shape index (κ3) is 4.78. The fourth-order valence-corrected chi connectivity index (χ4v) is 3.98. The van der Waals surface area contributed by atoms with E-state index in [9.17, 15) is 13.2 Å². The third-order valence-electron chi connectivity index (χ3n) is 4.18. The van der Waals surface area contributed by atoms with Gasteiger partial charge in [-0.2, -0.15) is 0 Å². The lowest BCUT2D eigenvalue weighted by Crippen LogP contribution is -2.29. The first-order chi connectivity index (χ1) is 12.9. The van der Waals surface area contributed by atoms with Gasteiger partial charge in [0, 0.05) is 13.1 Å². The Bertz CT molecular complexity index is 895. The lowest BCUT2D eigenvalue weighted by Gasteiger charge is -2.18.